The average molecular weight is 411 g/mol. The maximum absolute atomic E-state index is 11.4. The average Bonchev–Trinajstić information content (AvgIpc) is 2.64. The van der Waals surface area contributed by atoms with Crippen molar-refractivity contribution in [2.75, 3.05) is 18.9 Å². The van der Waals surface area contributed by atoms with Gasteiger partial charge in [-0.05, 0) is 38.5 Å². The van der Waals surface area contributed by atoms with Crippen LogP contribution in [0.2, 0.25) is 0 Å². The van der Waals surface area contributed by atoms with Crippen LogP contribution in [0, 0.1) is 27.3 Å². The number of nitriles is 2. The largest absolute Gasteiger partial charge is 0.492 e. The lowest BCUT2D eigenvalue weighted by atomic mass is 9.97. The van der Waals surface area contributed by atoms with Crippen molar-refractivity contribution >= 4 is 24.1 Å². The molecule has 0 aliphatic carbocycles. The van der Waals surface area contributed by atoms with Gasteiger partial charge >= 0.3 is 6.09 Å². The predicted octanol–water partition coefficient (Wildman–Crippen LogP) is 3.89. The van der Waals surface area contributed by atoms with E-state index in [1.54, 1.807) is 24.3 Å². The molecule has 0 fully saturated rings. The summed E-state index contributed by atoms with van der Waals surface area (Å²) in [4.78, 5) is 15.3. The third-order valence-corrected chi connectivity index (χ3v) is 4.54. The van der Waals surface area contributed by atoms with Crippen LogP contribution in [0.4, 0.5) is 10.6 Å². The van der Waals surface area contributed by atoms with E-state index in [0.29, 0.717) is 16.9 Å². The second kappa shape index (κ2) is 8.63. The van der Waals surface area contributed by atoms with Gasteiger partial charge in [-0.15, -0.1) is 0 Å². The highest BCUT2D eigenvalue weighted by molar-refractivity contribution is 7.71. The number of ether oxygens (including phenoxy) is 1. The van der Waals surface area contributed by atoms with E-state index in [1.165, 1.54) is 4.90 Å². The molecule has 9 heteroatoms. The third-order valence-electron chi connectivity index (χ3n) is 4.24. The molecule has 1 aromatic carbocycles. The highest BCUT2D eigenvalue weighted by Gasteiger charge is 2.25. The standard InChI is InChI=1S/C20H21N5O3S/c1-20(2,3)25(19(26)27)8-9-28-13-6-4-12(5-7-13)16-14(10-21)17(23)24-18(29)15(16)11-22/h4-7H,8-9H2,1-3H3,(H,26,27)(H3,23,24,29). The fourth-order valence-electron chi connectivity index (χ4n) is 2.82. The minimum absolute atomic E-state index is 0.0998. The van der Waals surface area contributed by atoms with Gasteiger partial charge in [-0.25, -0.2) is 4.79 Å². The Hall–Kier alpha value is -3.56. The molecule has 0 aliphatic heterocycles. The molecular formula is C20H21N5O3S. The van der Waals surface area contributed by atoms with Gasteiger partial charge in [0, 0.05) is 11.1 Å². The molecule has 29 heavy (non-hydrogen) atoms. The highest BCUT2D eigenvalue weighted by Crippen LogP contribution is 2.31. The smallest absolute Gasteiger partial charge is 0.407 e. The topological polar surface area (TPSA) is 139 Å². The lowest BCUT2D eigenvalue weighted by Gasteiger charge is -2.32. The summed E-state index contributed by atoms with van der Waals surface area (Å²) < 4.78 is 5.81. The van der Waals surface area contributed by atoms with Crippen molar-refractivity contribution in [3.8, 4) is 29.0 Å². The number of amides is 1. The Morgan fingerprint density at radius 1 is 1.24 bits per heavy atom. The summed E-state index contributed by atoms with van der Waals surface area (Å²) >= 11 is 5.15. The van der Waals surface area contributed by atoms with Crippen LogP contribution < -0.4 is 10.5 Å². The summed E-state index contributed by atoms with van der Waals surface area (Å²) in [6.45, 7) is 5.82. The Bertz CT molecular complexity index is 1060. The number of nitrogen functional groups attached to an aromatic ring is 1. The molecule has 2 rings (SSSR count). The van der Waals surface area contributed by atoms with Crippen LogP contribution in [0.25, 0.3) is 11.1 Å². The molecule has 0 atom stereocenters. The summed E-state index contributed by atoms with van der Waals surface area (Å²) in [7, 11) is 0. The van der Waals surface area contributed by atoms with Crippen LogP contribution in [0.1, 0.15) is 31.9 Å². The van der Waals surface area contributed by atoms with Gasteiger partial charge in [-0.2, -0.15) is 10.5 Å². The Kier molecular flexibility index (Phi) is 6.47. The zero-order valence-corrected chi connectivity index (χ0v) is 17.1. The van der Waals surface area contributed by atoms with E-state index >= 15 is 0 Å². The number of nitrogens with one attached hydrogen (secondary N) is 1. The molecule has 0 bridgehead atoms. The number of hydrogen-bond donors (Lipinski definition) is 3. The number of anilines is 1. The minimum Gasteiger partial charge on any atom is -0.492 e. The maximum atomic E-state index is 11.4. The van der Waals surface area contributed by atoms with Crippen LogP contribution >= 0.6 is 12.2 Å². The Morgan fingerprint density at radius 2 is 1.83 bits per heavy atom. The number of benzene rings is 1. The van der Waals surface area contributed by atoms with Gasteiger partial charge in [0.25, 0.3) is 0 Å². The number of pyridine rings is 1. The van der Waals surface area contributed by atoms with Crippen molar-refractivity contribution in [1.82, 2.24) is 9.88 Å². The normalized spacial score (nSPS) is 10.7. The van der Waals surface area contributed by atoms with Crippen LogP contribution in [-0.2, 0) is 0 Å². The van der Waals surface area contributed by atoms with E-state index in [0.717, 1.165) is 0 Å². The zero-order chi connectivity index (χ0) is 21.8. The number of carbonyl (C=O) groups is 1. The molecule has 0 radical (unpaired) electrons. The first kappa shape index (κ1) is 21.7. The van der Waals surface area contributed by atoms with E-state index < -0.39 is 11.6 Å². The van der Waals surface area contributed by atoms with Gasteiger partial charge in [0.15, 0.2) is 0 Å². The van der Waals surface area contributed by atoms with E-state index in [9.17, 15) is 20.4 Å². The van der Waals surface area contributed by atoms with Gasteiger partial charge in [0.05, 0.1) is 12.1 Å². The molecule has 1 aromatic heterocycles. The summed E-state index contributed by atoms with van der Waals surface area (Å²) in [6, 6.07) is 10.8. The van der Waals surface area contributed by atoms with Gasteiger partial charge in [0.2, 0.25) is 0 Å². The molecule has 0 saturated carbocycles. The van der Waals surface area contributed by atoms with Crippen molar-refractivity contribution in [1.29, 1.82) is 10.5 Å². The fraction of sp³-hybridized carbons (Fsp3) is 0.300. The zero-order valence-electron chi connectivity index (χ0n) is 16.3. The van der Waals surface area contributed by atoms with Crippen LogP contribution in [0.15, 0.2) is 24.3 Å². The van der Waals surface area contributed by atoms with Crippen molar-refractivity contribution < 1.29 is 14.6 Å². The Balaban J connectivity index is 2.25. The number of nitrogens with two attached hydrogens (primary N) is 1. The van der Waals surface area contributed by atoms with Gasteiger partial charge < -0.3 is 25.5 Å². The van der Waals surface area contributed by atoms with Crippen molar-refractivity contribution in [3.63, 3.8) is 0 Å². The summed E-state index contributed by atoms with van der Waals surface area (Å²) in [5, 5.41) is 28.2. The second-order valence-electron chi connectivity index (χ2n) is 7.19. The molecule has 150 valence electrons. The molecule has 4 N–H and O–H groups in total. The number of aromatic nitrogens is 1. The van der Waals surface area contributed by atoms with E-state index in [-0.39, 0.29) is 34.7 Å². The van der Waals surface area contributed by atoms with E-state index in [2.05, 4.69) is 4.98 Å². The Labute approximate surface area is 173 Å². The number of hydrogen-bond acceptors (Lipinski definition) is 6. The van der Waals surface area contributed by atoms with Crippen LogP contribution in [-0.4, -0.2) is 39.8 Å². The quantitative estimate of drug-likeness (QED) is 0.634. The summed E-state index contributed by atoms with van der Waals surface area (Å²) in [6.07, 6.45) is -1.01. The van der Waals surface area contributed by atoms with Crippen molar-refractivity contribution in [2.45, 2.75) is 26.3 Å². The molecule has 8 nitrogen and oxygen atoms in total. The Morgan fingerprint density at radius 3 is 2.31 bits per heavy atom. The second-order valence-corrected chi connectivity index (χ2v) is 7.60. The molecule has 0 spiro atoms. The molecule has 1 amide bonds. The number of aromatic amines is 1. The lowest BCUT2D eigenvalue weighted by Crippen LogP contribution is -2.46. The molecule has 1 heterocycles. The molecular weight excluding hydrogens is 390 g/mol. The van der Waals surface area contributed by atoms with Crippen LogP contribution in [0.3, 0.4) is 0 Å². The first-order valence-electron chi connectivity index (χ1n) is 8.70. The predicted molar refractivity (Wildman–Crippen MR) is 111 cm³/mol. The molecule has 0 saturated heterocycles. The number of carboxylic acid groups (broad SMARTS) is 1. The maximum Gasteiger partial charge on any atom is 0.407 e. The van der Waals surface area contributed by atoms with Crippen LogP contribution in [0.5, 0.6) is 5.75 Å². The SMILES string of the molecule is CC(C)(C)N(CCOc1ccc(-c2c(C#N)c(N)[nH]c(=S)c2C#N)cc1)C(=O)O. The third kappa shape index (κ3) is 4.84. The molecule has 0 unspecified atom stereocenters. The van der Waals surface area contributed by atoms with Gasteiger partial charge in [-0.3, -0.25) is 0 Å². The summed E-state index contributed by atoms with van der Waals surface area (Å²) in [5.41, 5.74) is 6.59. The van der Waals surface area contributed by atoms with Crippen molar-refractivity contribution in [2.24, 2.45) is 0 Å². The number of nitrogens with zero attached hydrogens (tertiary/aromatic N) is 3. The van der Waals surface area contributed by atoms with E-state index in [1.807, 2.05) is 32.9 Å². The lowest BCUT2D eigenvalue weighted by molar-refractivity contribution is 0.0892. The van der Waals surface area contributed by atoms with Crippen molar-refractivity contribution in [3.05, 3.63) is 40.0 Å². The highest BCUT2D eigenvalue weighted by atomic mass is 32.1. The number of H-pyrrole nitrogens is 1. The fourth-order valence-corrected chi connectivity index (χ4v) is 3.08. The molecule has 2 aromatic rings. The van der Waals surface area contributed by atoms with E-state index in [4.69, 9.17) is 22.7 Å². The monoisotopic (exact) mass is 411 g/mol. The first-order chi connectivity index (χ1) is 13.6. The first-order valence-corrected chi connectivity index (χ1v) is 9.10. The number of rotatable bonds is 5. The summed E-state index contributed by atoms with van der Waals surface area (Å²) in [5.74, 6) is 0.627. The van der Waals surface area contributed by atoms with Gasteiger partial charge in [0.1, 0.15) is 40.5 Å². The molecule has 0 aliphatic rings. The van der Waals surface area contributed by atoms with Gasteiger partial charge in [-0.1, -0.05) is 24.4 Å². The minimum atomic E-state index is -1.01.